The highest BCUT2D eigenvalue weighted by Gasteiger charge is 2.17. The number of nitrogens with zero attached hydrogens (tertiary/aromatic N) is 2. The van der Waals surface area contributed by atoms with Crippen LogP contribution in [0.2, 0.25) is 0 Å². The first-order valence-corrected chi connectivity index (χ1v) is 9.39. The van der Waals surface area contributed by atoms with Crippen LogP contribution in [-0.2, 0) is 0 Å². The smallest absolute Gasteiger partial charge is 0.272 e. The Labute approximate surface area is 182 Å². The monoisotopic (exact) mass is 434 g/mol. The van der Waals surface area contributed by atoms with Gasteiger partial charge in [0.2, 0.25) is 0 Å². The van der Waals surface area contributed by atoms with Crippen molar-refractivity contribution in [3.63, 3.8) is 0 Å². The molecule has 0 radical (unpaired) electrons. The number of amides is 2. The van der Waals surface area contributed by atoms with Gasteiger partial charge in [0.1, 0.15) is 0 Å². The SMILES string of the molecule is Cc1cc(C(=O)Nc2ccccc2NC(=O)c2ccc([N+](=O)[O-])c(C)c2)ccc1[N+](=O)[O-]. The van der Waals surface area contributed by atoms with Crippen LogP contribution in [0.1, 0.15) is 31.8 Å². The number of aryl methyl sites for hydroxylation is 2. The minimum absolute atomic E-state index is 0.0902. The third-order valence-corrected chi connectivity index (χ3v) is 4.73. The summed E-state index contributed by atoms with van der Waals surface area (Å²) in [5, 5.41) is 27.3. The summed E-state index contributed by atoms with van der Waals surface area (Å²) in [5.74, 6) is -1.01. The Morgan fingerprint density at radius 1 is 0.688 bits per heavy atom. The number of nitro benzene ring substituents is 2. The van der Waals surface area contributed by atoms with Gasteiger partial charge in [0.15, 0.2) is 0 Å². The second-order valence-electron chi connectivity index (χ2n) is 6.97. The summed E-state index contributed by atoms with van der Waals surface area (Å²) >= 11 is 0. The van der Waals surface area contributed by atoms with Gasteiger partial charge >= 0.3 is 0 Å². The number of carbonyl (C=O) groups is 2. The Hall–Kier alpha value is -4.60. The minimum atomic E-state index is -0.526. The largest absolute Gasteiger partial charge is 0.320 e. The Morgan fingerprint density at radius 2 is 1.06 bits per heavy atom. The fourth-order valence-electron chi connectivity index (χ4n) is 3.09. The third-order valence-electron chi connectivity index (χ3n) is 4.73. The summed E-state index contributed by atoms with van der Waals surface area (Å²) in [6, 6.07) is 14.6. The minimum Gasteiger partial charge on any atom is -0.320 e. The van der Waals surface area contributed by atoms with Crippen molar-refractivity contribution in [2.24, 2.45) is 0 Å². The summed E-state index contributed by atoms with van der Waals surface area (Å²) in [7, 11) is 0. The summed E-state index contributed by atoms with van der Waals surface area (Å²) in [6.07, 6.45) is 0. The molecule has 2 N–H and O–H groups in total. The van der Waals surface area contributed by atoms with Crippen LogP contribution >= 0.6 is 0 Å². The molecule has 10 heteroatoms. The van der Waals surface area contributed by atoms with E-state index in [9.17, 15) is 29.8 Å². The van der Waals surface area contributed by atoms with Crippen molar-refractivity contribution < 1.29 is 19.4 Å². The quantitative estimate of drug-likeness (QED) is 0.428. The number of hydrogen-bond acceptors (Lipinski definition) is 6. The van der Waals surface area contributed by atoms with Gasteiger partial charge in [-0.2, -0.15) is 0 Å². The van der Waals surface area contributed by atoms with Gasteiger partial charge in [-0.1, -0.05) is 12.1 Å². The fourth-order valence-corrected chi connectivity index (χ4v) is 3.09. The lowest BCUT2D eigenvalue weighted by Gasteiger charge is -2.13. The van der Waals surface area contributed by atoms with Crippen molar-refractivity contribution >= 4 is 34.6 Å². The van der Waals surface area contributed by atoms with E-state index in [1.165, 1.54) is 50.2 Å². The number of anilines is 2. The van der Waals surface area contributed by atoms with Gasteiger partial charge in [-0.05, 0) is 50.2 Å². The first kappa shape index (κ1) is 22.1. The predicted octanol–water partition coefficient (Wildman–Crippen LogP) is 4.62. The molecule has 0 spiro atoms. The molecule has 3 aromatic carbocycles. The Kier molecular flexibility index (Phi) is 6.24. The molecule has 0 heterocycles. The number of benzene rings is 3. The Bertz CT molecular complexity index is 1160. The van der Waals surface area contributed by atoms with Crippen molar-refractivity contribution in [3.05, 3.63) is 103 Å². The standard InChI is InChI=1S/C22H18N4O6/c1-13-11-15(7-9-19(13)25(29)30)21(27)23-17-5-3-4-6-18(17)24-22(28)16-8-10-20(26(31)32)14(2)12-16/h3-12H,1-2H3,(H,23,27)(H,24,28). The van der Waals surface area contributed by atoms with Crippen LogP contribution in [0, 0.1) is 34.1 Å². The van der Waals surface area contributed by atoms with E-state index in [0.29, 0.717) is 22.5 Å². The van der Waals surface area contributed by atoms with Crippen LogP contribution in [0.15, 0.2) is 60.7 Å². The van der Waals surface area contributed by atoms with Crippen molar-refractivity contribution in [1.82, 2.24) is 0 Å². The molecule has 0 fully saturated rings. The van der Waals surface area contributed by atoms with E-state index in [4.69, 9.17) is 0 Å². The molecular weight excluding hydrogens is 416 g/mol. The zero-order valence-corrected chi connectivity index (χ0v) is 17.1. The van der Waals surface area contributed by atoms with Gasteiger partial charge in [-0.25, -0.2) is 0 Å². The summed E-state index contributed by atoms with van der Waals surface area (Å²) in [5.41, 5.74) is 1.59. The predicted molar refractivity (Wildman–Crippen MR) is 118 cm³/mol. The molecule has 2 amide bonds. The number of para-hydroxylation sites is 2. The molecule has 0 aliphatic carbocycles. The molecule has 0 atom stereocenters. The van der Waals surface area contributed by atoms with Gasteiger partial charge in [0, 0.05) is 34.4 Å². The summed E-state index contributed by atoms with van der Waals surface area (Å²) < 4.78 is 0. The summed E-state index contributed by atoms with van der Waals surface area (Å²) in [4.78, 5) is 46.2. The molecular formula is C22H18N4O6. The molecule has 0 aliphatic rings. The van der Waals surface area contributed by atoms with E-state index in [1.807, 2.05) is 0 Å². The molecule has 162 valence electrons. The molecule has 0 aliphatic heterocycles. The maximum absolute atomic E-state index is 12.6. The molecule has 10 nitrogen and oxygen atoms in total. The number of nitro groups is 2. The average molecular weight is 434 g/mol. The van der Waals surface area contributed by atoms with Crippen molar-refractivity contribution in [2.45, 2.75) is 13.8 Å². The highest BCUT2D eigenvalue weighted by molar-refractivity contribution is 6.10. The lowest BCUT2D eigenvalue weighted by atomic mass is 10.1. The number of nitrogens with one attached hydrogen (secondary N) is 2. The normalized spacial score (nSPS) is 10.3. The molecule has 0 saturated carbocycles. The average Bonchev–Trinajstić information content (AvgIpc) is 2.74. The van der Waals surface area contributed by atoms with E-state index in [2.05, 4.69) is 10.6 Å². The topological polar surface area (TPSA) is 144 Å². The van der Waals surface area contributed by atoms with E-state index in [1.54, 1.807) is 24.3 Å². The maximum Gasteiger partial charge on any atom is 0.272 e. The number of hydrogen-bond donors (Lipinski definition) is 2. The van der Waals surface area contributed by atoms with E-state index < -0.39 is 21.7 Å². The van der Waals surface area contributed by atoms with E-state index in [-0.39, 0.29) is 22.5 Å². The van der Waals surface area contributed by atoms with Crippen LogP contribution in [-0.4, -0.2) is 21.7 Å². The first-order valence-electron chi connectivity index (χ1n) is 9.39. The molecule has 3 rings (SSSR count). The Balaban J connectivity index is 1.80. The first-order chi connectivity index (χ1) is 15.2. The molecule has 0 aromatic heterocycles. The molecule has 32 heavy (non-hydrogen) atoms. The molecule has 0 saturated heterocycles. The van der Waals surface area contributed by atoms with Gasteiger partial charge < -0.3 is 10.6 Å². The Morgan fingerprint density at radius 3 is 1.38 bits per heavy atom. The van der Waals surface area contributed by atoms with Crippen LogP contribution in [0.25, 0.3) is 0 Å². The van der Waals surface area contributed by atoms with Crippen LogP contribution in [0.5, 0.6) is 0 Å². The zero-order valence-electron chi connectivity index (χ0n) is 17.1. The maximum atomic E-state index is 12.6. The third kappa shape index (κ3) is 4.75. The number of rotatable bonds is 6. The molecule has 0 bridgehead atoms. The highest BCUT2D eigenvalue weighted by Crippen LogP contribution is 2.25. The molecule has 0 unspecified atom stereocenters. The second-order valence-corrected chi connectivity index (χ2v) is 6.97. The highest BCUT2D eigenvalue weighted by atomic mass is 16.6. The summed E-state index contributed by atoms with van der Waals surface area (Å²) in [6.45, 7) is 3.07. The van der Waals surface area contributed by atoms with Crippen LogP contribution < -0.4 is 10.6 Å². The van der Waals surface area contributed by atoms with Gasteiger partial charge in [0.05, 0.1) is 21.2 Å². The molecule has 3 aromatic rings. The van der Waals surface area contributed by atoms with Crippen LogP contribution in [0.4, 0.5) is 22.7 Å². The van der Waals surface area contributed by atoms with Crippen molar-refractivity contribution in [3.8, 4) is 0 Å². The fraction of sp³-hybridized carbons (Fsp3) is 0.0909. The second kappa shape index (κ2) is 9.04. The van der Waals surface area contributed by atoms with Crippen LogP contribution in [0.3, 0.4) is 0 Å². The van der Waals surface area contributed by atoms with Gasteiger partial charge in [-0.15, -0.1) is 0 Å². The number of carbonyl (C=O) groups excluding carboxylic acids is 2. The van der Waals surface area contributed by atoms with Crippen molar-refractivity contribution in [1.29, 1.82) is 0 Å². The zero-order chi connectivity index (χ0) is 23.4. The van der Waals surface area contributed by atoms with E-state index >= 15 is 0 Å². The van der Waals surface area contributed by atoms with Gasteiger partial charge in [-0.3, -0.25) is 29.8 Å². The van der Waals surface area contributed by atoms with Gasteiger partial charge in [0.25, 0.3) is 23.2 Å². The van der Waals surface area contributed by atoms with E-state index in [0.717, 1.165) is 0 Å². The lowest BCUT2D eigenvalue weighted by Crippen LogP contribution is -2.17. The lowest BCUT2D eigenvalue weighted by molar-refractivity contribution is -0.385. The van der Waals surface area contributed by atoms with Crippen molar-refractivity contribution in [2.75, 3.05) is 10.6 Å².